The third-order valence-electron chi connectivity index (χ3n) is 2.59. The molecule has 0 radical (unpaired) electrons. The lowest BCUT2D eigenvalue weighted by Gasteiger charge is -2.07. The second-order valence-corrected chi connectivity index (χ2v) is 5.00. The fourth-order valence-electron chi connectivity index (χ4n) is 1.37. The molecular formula is C12H21NOS. The van der Waals surface area contributed by atoms with Gasteiger partial charge in [0.25, 0.3) is 0 Å². The average molecular weight is 227 g/mol. The Hall–Kier alpha value is -0.410. The van der Waals surface area contributed by atoms with Crippen molar-refractivity contribution in [3.05, 3.63) is 23.7 Å². The summed E-state index contributed by atoms with van der Waals surface area (Å²) >= 11 is 1.93. The standard InChI is InChI=1S/C12H21NOS/c1-3-11(13)5-4-8-15-9-12-10(2)6-7-14-12/h6-7,11H,3-5,8-9,13H2,1-2H3. The van der Waals surface area contributed by atoms with E-state index in [0.29, 0.717) is 6.04 Å². The lowest BCUT2D eigenvalue weighted by molar-refractivity contribution is 0.527. The number of rotatable bonds is 7. The second kappa shape index (κ2) is 6.96. The van der Waals surface area contributed by atoms with Crippen LogP contribution in [-0.4, -0.2) is 11.8 Å². The molecule has 1 aromatic rings. The van der Waals surface area contributed by atoms with Crippen LogP contribution in [0.25, 0.3) is 0 Å². The molecule has 86 valence electrons. The maximum Gasteiger partial charge on any atom is 0.116 e. The normalized spacial score (nSPS) is 13.0. The van der Waals surface area contributed by atoms with Gasteiger partial charge in [-0.25, -0.2) is 0 Å². The SMILES string of the molecule is CCC(N)CCCSCc1occc1C. The van der Waals surface area contributed by atoms with Gasteiger partial charge in [0.2, 0.25) is 0 Å². The molecule has 0 aliphatic carbocycles. The molecular weight excluding hydrogens is 206 g/mol. The molecule has 3 heteroatoms. The minimum atomic E-state index is 0.385. The van der Waals surface area contributed by atoms with Gasteiger partial charge >= 0.3 is 0 Å². The summed E-state index contributed by atoms with van der Waals surface area (Å²) in [7, 11) is 0. The zero-order chi connectivity index (χ0) is 11.1. The minimum absolute atomic E-state index is 0.385. The fraction of sp³-hybridized carbons (Fsp3) is 0.667. The molecule has 1 unspecified atom stereocenters. The molecule has 1 atom stereocenters. The van der Waals surface area contributed by atoms with Gasteiger partial charge in [-0.3, -0.25) is 0 Å². The van der Waals surface area contributed by atoms with Crippen molar-refractivity contribution < 1.29 is 4.42 Å². The summed E-state index contributed by atoms with van der Waals surface area (Å²) in [5.41, 5.74) is 7.10. The van der Waals surface area contributed by atoms with Crippen LogP contribution in [0.15, 0.2) is 16.7 Å². The maximum atomic E-state index is 5.85. The van der Waals surface area contributed by atoms with Gasteiger partial charge in [-0.05, 0) is 43.6 Å². The van der Waals surface area contributed by atoms with E-state index in [4.69, 9.17) is 10.2 Å². The first-order chi connectivity index (χ1) is 7.24. The summed E-state index contributed by atoms with van der Waals surface area (Å²) in [6, 6.07) is 2.40. The molecule has 2 N–H and O–H groups in total. The van der Waals surface area contributed by atoms with Crippen LogP contribution in [0.5, 0.6) is 0 Å². The quantitative estimate of drug-likeness (QED) is 0.726. The summed E-state index contributed by atoms with van der Waals surface area (Å²) < 4.78 is 5.37. The lowest BCUT2D eigenvalue weighted by atomic mass is 10.1. The van der Waals surface area contributed by atoms with Gasteiger partial charge in [-0.1, -0.05) is 6.92 Å². The highest BCUT2D eigenvalue weighted by atomic mass is 32.2. The number of hydrogen-bond acceptors (Lipinski definition) is 3. The van der Waals surface area contributed by atoms with Gasteiger partial charge < -0.3 is 10.2 Å². The first-order valence-electron chi connectivity index (χ1n) is 5.60. The summed E-state index contributed by atoms with van der Waals surface area (Å²) in [5, 5.41) is 0. The van der Waals surface area contributed by atoms with Gasteiger partial charge in [-0.15, -0.1) is 0 Å². The monoisotopic (exact) mass is 227 g/mol. The van der Waals surface area contributed by atoms with Crippen LogP contribution in [0, 0.1) is 6.92 Å². The van der Waals surface area contributed by atoms with Crippen LogP contribution in [0.4, 0.5) is 0 Å². The van der Waals surface area contributed by atoms with Crippen molar-refractivity contribution in [2.45, 2.75) is 44.9 Å². The molecule has 0 fully saturated rings. The first-order valence-corrected chi connectivity index (χ1v) is 6.75. The molecule has 0 amide bonds. The molecule has 15 heavy (non-hydrogen) atoms. The summed E-state index contributed by atoms with van der Waals surface area (Å²) in [6.07, 6.45) is 5.19. The lowest BCUT2D eigenvalue weighted by Crippen LogP contribution is -2.18. The fourth-order valence-corrected chi connectivity index (χ4v) is 2.36. The van der Waals surface area contributed by atoms with Crippen molar-refractivity contribution in [1.82, 2.24) is 0 Å². The van der Waals surface area contributed by atoms with E-state index in [-0.39, 0.29) is 0 Å². The van der Waals surface area contributed by atoms with E-state index in [1.54, 1.807) is 6.26 Å². The summed E-state index contributed by atoms with van der Waals surface area (Å²) in [5.74, 6) is 3.27. The Kier molecular flexibility index (Phi) is 5.88. The van der Waals surface area contributed by atoms with Crippen LogP contribution >= 0.6 is 11.8 Å². The van der Waals surface area contributed by atoms with Crippen LogP contribution in [0.1, 0.15) is 37.5 Å². The Morgan fingerprint density at radius 3 is 2.93 bits per heavy atom. The largest absolute Gasteiger partial charge is 0.468 e. The number of furan rings is 1. The van der Waals surface area contributed by atoms with Crippen molar-refractivity contribution in [2.24, 2.45) is 5.73 Å². The molecule has 0 aromatic carbocycles. The van der Waals surface area contributed by atoms with Crippen molar-refractivity contribution in [1.29, 1.82) is 0 Å². The summed E-state index contributed by atoms with van der Waals surface area (Å²) in [4.78, 5) is 0. The Morgan fingerprint density at radius 1 is 1.53 bits per heavy atom. The van der Waals surface area contributed by atoms with E-state index in [1.165, 1.54) is 17.7 Å². The smallest absolute Gasteiger partial charge is 0.116 e. The molecule has 0 spiro atoms. The van der Waals surface area contributed by atoms with E-state index in [2.05, 4.69) is 13.8 Å². The van der Waals surface area contributed by atoms with Crippen molar-refractivity contribution >= 4 is 11.8 Å². The van der Waals surface area contributed by atoms with Crippen LogP contribution in [0.3, 0.4) is 0 Å². The highest BCUT2D eigenvalue weighted by Crippen LogP contribution is 2.18. The van der Waals surface area contributed by atoms with E-state index in [0.717, 1.165) is 24.4 Å². The highest BCUT2D eigenvalue weighted by molar-refractivity contribution is 7.98. The van der Waals surface area contributed by atoms with Gasteiger partial charge in [0, 0.05) is 6.04 Å². The topological polar surface area (TPSA) is 39.2 Å². The van der Waals surface area contributed by atoms with E-state index in [1.807, 2.05) is 17.8 Å². The molecule has 1 heterocycles. The van der Waals surface area contributed by atoms with Crippen LogP contribution in [0.2, 0.25) is 0 Å². The maximum absolute atomic E-state index is 5.85. The third-order valence-corrected chi connectivity index (χ3v) is 3.63. The van der Waals surface area contributed by atoms with Crippen molar-refractivity contribution in [3.63, 3.8) is 0 Å². The molecule has 0 aliphatic heterocycles. The molecule has 2 nitrogen and oxygen atoms in total. The van der Waals surface area contributed by atoms with E-state index >= 15 is 0 Å². The predicted octanol–water partition coefficient (Wildman–Crippen LogP) is 3.34. The van der Waals surface area contributed by atoms with Crippen LogP contribution in [-0.2, 0) is 5.75 Å². The molecule has 0 saturated carbocycles. The van der Waals surface area contributed by atoms with Crippen LogP contribution < -0.4 is 5.73 Å². The minimum Gasteiger partial charge on any atom is -0.468 e. The van der Waals surface area contributed by atoms with E-state index in [9.17, 15) is 0 Å². The van der Waals surface area contributed by atoms with Gasteiger partial charge in [0.1, 0.15) is 5.76 Å². The molecule has 0 bridgehead atoms. The third kappa shape index (κ3) is 4.76. The van der Waals surface area contributed by atoms with Crippen molar-refractivity contribution in [2.75, 3.05) is 5.75 Å². The highest BCUT2D eigenvalue weighted by Gasteiger charge is 2.02. The Morgan fingerprint density at radius 2 is 2.33 bits per heavy atom. The Bertz CT molecular complexity index is 272. The molecule has 1 rings (SSSR count). The number of thioether (sulfide) groups is 1. The molecule has 1 aromatic heterocycles. The zero-order valence-corrected chi connectivity index (χ0v) is 10.5. The van der Waals surface area contributed by atoms with Gasteiger partial charge in [0.05, 0.1) is 12.0 Å². The first kappa shape index (κ1) is 12.7. The summed E-state index contributed by atoms with van der Waals surface area (Å²) in [6.45, 7) is 4.23. The van der Waals surface area contributed by atoms with Gasteiger partial charge in [-0.2, -0.15) is 11.8 Å². The average Bonchev–Trinajstić information content (AvgIpc) is 2.63. The zero-order valence-electron chi connectivity index (χ0n) is 9.66. The second-order valence-electron chi connectivity index (χ2n) is 3.89. The number of nitrogens with two attached hydrogens (primary N) is 1. The van der Waals surface area contributed by atoms with Crippen molar-refractivity contribution in [3.8, 4) is 0 Å². The molecule has 0 saturated heterocycles. The Balaban J connectivity index is 2.05. The van der Waals surface area contributed by atoms with Gasteiger partial charge in [0.15, 0.2) is 0 Å². The van der Waals surface area contributed by atoms with E-state index < -0.39 is 0 Å². The molecule has 0 aliphatic rings. The predicted molar refractivity (Wildman–Crippen MR) is 67.1 cm³/mol. The number of hydrogen-bond donors (Lipinski definition) is 1. The number of aryl methyl sites for hydroxylation is 1. The Labute approximate surface area is 96.6 Å².